The molecule has 4 rings (SSSR count). The molecule has 3 aromatic rings. The van der Waals surface area contributed by atoms with Gasteiger partial charge in [0.15, 0.2) is 11.5 Å². The molecule has 160 valence electrons. The minimum absolute atomic E-state index is 0.0727. The van der Waals surface area contributed by atoms with Crippen molar-refractivity contribution in [3.8, 4) is 0 Å². The van der Waals surface area contributed by atoms with Crippen molar-refractivity contribution in [3.63, 3.8) is 0 Å². The molecular weight excluding hydrogens is 418 g/mol. The molecule has 0 radical (unpaired) electrons. The lowest BCUT2D eigenvalue weighted by molar-refractivity contribution is 0.0995. The first kappa shape index (κ1) is 20.7. The second kappa shape index (κ2) is 7.93. The largest absolute Gasteiger partial charge is 0.364 e. The van der Waals surface area contributed by atoms with E-state index in [0.717, 1.165) is 5.56 Å². The molecule has 2 aromatic carbocycles. The van der Waals surface area contributed by atoms with Crippen LogP contribution in [0.3, 0.4) is 0 Å². The summed E-state index contributed by atoms with van der Waals surface area (Å²) < 4.78 is 24.0. The van der Waals surface area contributed by atoms with Gasteiger partial charge in [0.05, 0.1) is 4.90 Å². The van der Waals surface area contributed by atoms with E-state index in [-0.39, 0.29) is 28.4 Å². The maximum atomic E-state index is 12.0. The van der Waals surface area contributed by atoms with Crippen LogP contribution in [0.1, 0.15) is 28.5 Å². The number of primary amides is 1. The average Bonchev–Trinajstić information content (AvgIpc) is 3.07. The quantitative estimate of drug-likeness (QED) is 0.519. The second-order valence-electron chi connectivity index (χ2n) is 7.23. The number of nitrogens with one attached hydrogen (secondary N) is 1. The van der Waals surface area contributed by atoms with Crippen molar-refractivity contribution in [2.45, 2.75) is 30.8 Å². The van der Waals surface area contributed by atoms with E-state index in [4.69, 9.17) is 10.9 Å². The van der Waals surface area contributed by atoms with Crippen LogP contribution in [0.4, 0.5) is 17.5 Å². The van der Waals surface area contributed by atoms with Gasteiger partial charge in [0.2, 0.25) is 10.0 Å². The molecule has 0 fully saturated rings. The molecular formula is C20H21N7O3S. The molecule has 31 heavy (non-hydrogen) atoms. The van der Waals surface area contributed by atoms with E-state index in [1.54, 1.807) is 17.0 Å². The molecule has 0 saturated heterocycles. The van der Waals surface area contributed by atoms with Crippen molar-refractivity contribution in [1.82, 2.24) is 15.2 Å². The number of carbonyl (C=O) groups excluding carboxylic acids is 1. The van der Waals surface area contributed by atoms with Crippen molar-refractivity contribution in [2.24, 2.45) is 10.9 Å². The van der Waals surface area contributed by atoms with Crippen LogP contribution in [0.5, 0.6) is 0 Å². The number of aromatic nitrogens is 3. The highest BCUT2D eigenvalue weighted by atomic mass is 32.2. The number of nitrogens with zero attached hydrogens (tertiary/aromatic N) is 4. The van der Waals surface area contributed by atoms with Gasteiger partial charge < -0.3 is 16.0 Å². The Hall–Kier alpha value is -3.57. The van der Waals surface area contributed by atoms with Crippen LogP contribution in [-0.2, 0) is 23.0 Å². The summed E-state index contributed by atoms with van der Waals surface area (Å²) >= 11 is 0. The predicted octanol–water partition coefficient (Wildman–Crippen LogP) is 1.31. The first-order valence-electron chi connectivity index (χ1n) is 9.52. The fraction of sp³-hybridized carbons (Fsp3) is 0.200. The van der Waals surface area contributed by atoms with Gasteiger partial charge in [-0.3, -0.25) is 4.79 Å². The Morgan fingerprint density at radius 3 is 2.58 bits per heavy atom. The molecule has 1 aliphatic heterocycles. The SMILES string of the molecule is CC1Cc2c(cccc2S(N)(=O)=O)N1c1nnc(C(N)=O)c(NCc2ccccc2)n1. The molecule has 2 heterocycles. The Bertz CT molecular complexity index is 1250. The molecule has 0 aliphatic carbocycles. The number of nitrogens with two attached hydrogens (primary N) is 2. The maximum Gasteiger partial charge on any atom is 0.273 e. The van der Waals surface area contributed by atoms with E-state index < -0.39 is 15.9 Å². The Morgan fingerprint density at radius 1 is 1.16 bits per heavy atom. The molecule has 1 amide bonds. The lowest BCUT2D eigenvalue weighted by Gasteiger charge is -2.23. The van der Waals surface area contributed by atoms with Crippen molar-refractivity contribution in [1.29, 1.82) is 0 Å². The fourth-order valence-electron chi connectivity index (χ4n) is 3.67. The molecule has 1 aromatic heterocycles. The zero-order valence-corrected chi connectivity index (χ0v) is 17.5. The van der Waals surface area contributed by atoms with Gasteiger partial charge >= 0.3 is 0 Å². The maximum absolute atomic E-state index is 12.0. The van der Waals surface area contributed by atoms with E-state index >= 15 is 0 Å². The number of hydrogen-bond donors (Lipinski definition) is 3. The zero-order valence-electron chi connectivity index (χ0n) is 16.7. The van der Waals surface area contributed by atoms with Crippen LogP contribution >= 0.6 is 0 Å². The van der Waals surface area contributed by atoms with Gasteiger partial charge in [0, 0.05) is 18.3 Å². The number of rotatable bonds is 6. The van der Waals surface area contributed by atoms with Crippen molar-refractivity contribution >= 4 is 33.4 Å². The molecule has 0 spiro atoms. The summed E-state index contributed by atoms with van der Waals surface area (Å²) in [5.74, 6) is -0.337. The summed E-state index contributed by atoms with van der Waals surface area (Å²) in [4.78, 5) is 18.2. The van der Waals surface area contributed by atoms with Crippen LogP contribution in [0.2, 0.25) is 0 Å². The highest BCUT2D eigenvalue weighted by Crippen LogP contribution is 2.39. The third-order valence-corrected chi connectivity index (χ3v) is 6.04. The Balaban J connectivity index is 1.73. The number of anilines is 3. The number of fused-ring (bicyclic) bond motifs is 1. The van der Waals surface area contributed by atoms with E-state index in [1.807, 2.05) is 37.3 Å². The summed E-state index contributed by atoms with van der Waals surface area (Å²) in [6, 6.07) is 14.3. The number of amides is 1. The molecule has 0 saturated carbocycles. The minimum atomic E-state index is -3.88. The zero-order chi connectivity index (χ0) is 22.2. The lowest BCUT2D eigenvalue weighted by atomic mass is 10.1. The van der Waals surface area contributed by atoms with Crippen LogP contribution in [0.15, 0.2) is 53.4 Å². The van der Waals surface area contributed by atoms with Crippen molar-refractivity contribution in [3.05, 3.63) is 65.4 Å². The summed E-state index contributed by atoms with van der Waals surface area (Å²) in [5.41, 5.74) is 7.57. The van der Waals surface area contributed by atoms with Gasteiger partial charge in [-0.15, -0.1) is 10.2 Å². The number of hydrogen-bond acceptors (Lipinski definition) is 8. The molecule has 11 heteroatoms. The van der Waals surface area contributed by atoms with Gasteiger partial charge in [-0.05, 0) is 36.6 Å². The highest BCUT2D eigenvalue weighted by Gasteiger charge is 2.34. The van der Waals surface area contributed by atoms with Crippen LogP contribution < -0.4 is 21.1 Å². The fourth-order valence-corrected chi connectivity index (χ4v) is 4.47. The van der Waals surface area contributed by atoms with Crippen molar-refractivity contribution in [2.75, 3.05) is 10.2 Å². The monoisotopic (exact) mass is 439 g/mol. The Morgan fingerprint density at radius 2 is 1.90 bits per heavy atom. The second-order valence-corrected chi connectivity index (χ2v) is 8.76. The molecule has 10 nitrogen and oxygen atoms in total. The normalized spacial score (nSPS) is 15.5. The summed E-state index contributed by atoms with van der Waals surface area (Å²) in [6.45, 7) is 2.32. The molecule has 1 atom stereocenters. The number of primary sulfonamides is 1. The lowest BCUT2D eigenvalue weighted by Crippen LogP contribution is -2.28. The Kier molecular flexibility index (Phi) is 5.29. The topological polar surface area (TPSA) is 157 Å². The highest BCUT2D eigenvalue weighted by molar-refractivity contribution is 7.89. The smallest absolute Gasteiger partial charge is 0.273 e. The van der Waals surface area contributed by atoms with Gasteiger partial charge in [-0.25, -0.2) is 13.6 Å². The molecule has 0 bridgehead atoms. The van der Waals surface area contributed by atoms with Gasteiger partial charge in [-0.1, -0.05) is 36.4 Å². The third kappa shape index (κ3) is 4.05. The molecule has 5 N–H and O–H groups in total. The first-order chi connectivity index (χ1) is 14.8. The van der Waals surface area contributed by atoms with Crippen molar-refractivity contribution < 1.29 is 13.2 Å². The van der Waals surface area contributed by atoms with Gasteiger partial charge in [0.1, 0.15) is 0 Å². The van der Waals surface area contributed by atoms with E-state index in [9.17, 15) is 13.2 Å². The Labute approximate surface area is 179 Å². The first-order valence-corrected chi connectivity index (χ1v) is 11.1. The summed E-state index contributed by atoms with van der Waals surface area (Å²) in [6.07, 6.45) is 0.440. The number of benzene rings is 2. The van der Waals surface area contributed by atoms with Gasteiger partial charge in [-0.2, -0.15) is 4.98 Å². The van der Waals surface area contributed by atoms with Crippen LogP contribution in [0, 0.1) is 0 Å². The van der Waals surface area contributed by atoms with Gasteiger partial charge in [0.25, 0.3) is 11.9 Å². The third-order valence-electron chi connectivity index (χ3n) is 5.04. The predicted molar refractivity (Wildman–Crippen MR) is 115 cm³/mol. The van der Waals surface area contributed by atoms with E-state index in [0.29, 0.717) is 24.2 Å². The number of sulfonamides is 1. The summed E-state index contributed by atoms with van der Waals surface area (Å²) in [5, 5.41) is 16.5. The number of carbonyl (C=O) groups is 1. The minimum Gasteiger partial charge on any atom is -0.364 e. The van der Waals surface area contributed by atoms with Crippen LogP contribution in [0.25, 0.3) is 0 Å². The molecule has 1 aliphatic rings. The standard InChI is InChI=1S/C20H21N7O3S/c1-12-10-14-15(8-5-9-16(14)31(22,29)30)27(12)20-24-19(17(18(21)28)25-26-20)23-11-13-6-3-2-4-7-13/h2-9,12H,10-11H2,1H3,(H2,21,28)(H2,22,29,30)(H,23,24,26). The molecule has 1 unspecified atom stereocenters. The average molecular weight is 440 g/mol. The van der Waals surface area contributed by atoms with E-state index in [1.165, 1.54) is 6.07 Å². The summed E-state index contributed by atoms with van der Waals surface area (Å²) in [7, 11) is -3.88. The van der Waals surface area contributed by atoms with Crippen LogP contribution in [-0.4, -0.2) is 35.5 Å². The van der Waals surface area contributed by atoms with E-state index in [2.05, 4.69) is 20.5 Å².